The van der Waals surface area contributed by atoms with Crippen molar-refractivity contribution in [2.75, 3.05) is 37.6 Å². The number of hydrogen-bond donors (Lipinski definition) is 1. The third-order valence-corrected chi connectivity index (χ3v) is 6.27. The van der Waals surface area contributed by atoms with Gasteiger partial charge >= 0.3 is 6.03 Å². The molecule has 1 atom stereocenters. The van der Waals surface area contributed by atoms with Crippen LogP contribution in [-0.2, 0) is 9.59 Å². The van der Waals surface area contributed by atoms with E-state index in [1.807, 2.05) is 65.6 Å². The lowest BCUT2D eigenvalue weighted by Crippen LogP contribution is -2.49. The molecule has 8 nitrogen and oxygen atoms in total. The number of carbonyl (C=O) groups is 3. The first kappa shape index (κ1) is 20.9. The molecule has 0 radical (unpaired) electrons. The summed E-state index contributed by atoms with van der Waals surface area (Å²) in [5, 5.41) is 3.47. The van der Waals surface area contributed by atoms with Gasteiger partial charge in [-0.25, -0.2) is 9.78 Å². The van der Waals surface area contributed by atoms with Crippen LogP contribution in [0.3, 0.4) is 0 Å². The van der Waals surface area contributed by atoms with Crippen molar-refractivity contribution >= 4 is 34.6 Å². The average Bonchev–Trinajstić information content (AvgIpc) is 3.15. The maximum Gasteiger partial charge on any atom is 0.325 e. The van der Waals surface area contributed by atoms with Gasteiger partial charge in [-0.3, -0.25) is 14.9 Å². The first-order chi connectivity index (χ1) is 16.1. The number of hydrogen-bond acceptors (Lipinski definition) is 5. The molecule has 3 aromatic rings. The summed E-state index contributed by atoms with van der Waals surface area (Å²) >= 11 is 0. The maximum atomic E-state index is 12.9. The van der Waals surface area contributed by atoms with Crippen LogP contribution in [0.5, 0.6) is 0 Å². The van der Waals surface area contributed by atoms with E-state index in [4.69, 9.17) is 4.98 Å². The Morgan fingerprint density at radius 1 is 0.909 bits per heavy atom. The van der Waals surface area contributed by atoms with Crippen molar-refractivity contribution in [1.29, 1.82) is 0 Å². The minimum absolute atomic E-state index is 0.0138. The van der Waals surface area contributed by atoms with Gasteiger partial charge < -0.3 is 14.7 Å². The van der Waals surface area contributed by atoms with Crippen LogP contribution in [0.1, 0.15) is 18.0 Å². The summed E-state index contributed by atoms with van der Waals surface area (Å²) in [6, 6.07) is 20.1. The van der Waals surface area contributed by atoms with Crippen LogP contribution in [-0.4, -0.2) is 65.4 Å². The van der Waals surface area contributed by atoms with Crippen molar-refractivity contribution in [3.63, 3.8) is 0 Å². The summed E-state index contributed by atoms with van der Waals surface area (Å²) in [6.07, 6.45) is 0.179. The van der Waals surface area contributed by atoms with E-state index < -0.39 is 12.1 Å². The predicted molar refractivity (Wildman–Crippen MR) is 125 cm³/mol. The lowest BCUT2D eigenvalue weighted by atomic mass is 10.1. The molecule has 1 unspecified atom stereocenters. The van der Waals surface area contributed by atoms with E-state index in [-0.39, 0.29) is 24.8 Å². The van der Waals surface area contributed by atoms with Gasteiger partial charge in [0.15, 0.2) is 0 Å². The van der Waals surface area contributed by atoms with Crippen molar-refractivity contribution in [2.24, 2.45) is 0 Å². The first-order valence-electron chi connectivity index (χ1n) is 11.1. The van der Waals surface area contributed by atoms with Crippen LogP contribution in [0.4, 0.5) is 10.6 Å². The lowest BCUT2D eigenvalue weighted by molar-refractivity contribution is -0.132. The van der Waals surface area contributed by atoms with Crippen molar-refractivity contribution in [3.05, 3.63) is 72.3 Å². The summed E-state index contributed by atoms with van der Waals surface area (Å²) < 4.78 is 0. The van der Waals surface area contributed by atoms with E-state index in [0.717, 1.165) is 22.3 Å². The van der Waals surface area contributed by atoms with Gasteiger partial charge in [0, 0.05) is 44.5 Å². The van der Waals surface area contributed by atoms with Gasteiger partial charge in [-0.1, -0.05) is 48.5 Å². The Kier molecular flexibility index (Phi) is 5.64. The molecule has 33 heavy (non-hydrogen) atoms. The number of fused-ring (bicyclic) bond motifs is 1. The minimum Gasteiger partial charge on any atom is -0.353 e. The van der Waals surface area contributed by atoms with Crippen LogP contribution in [0, 0.1) is 0 Å². The molecule has 2 aromatic carbocycles. The normalized spacial score (nSPS) is 18.7. The second-order valence-electron chi connectivity index (χ2n) is 8.28. The number of nitrogens with zero attached hydrogens (tertiary/aromatic N) is 4. The molecule has 0 spiro atoms. The van der Waals surface area contributed by atoms with Gasteiger partial charge in [-0.15, -0.1) is 0 Å². The number of anilines is 1. The summed E-state index contributed by atoms with van der Waals surface area (Å²) in [7, 11) is 0. The number of imide groups is 1. The standard InChI is InChI=1S/C25H25N5O3/c31-22(12-13-30-23(24(32)27-25(30)33)19-7-2-1-3-8-19)29-16-14-28(15-17-29)21-11-10-18-6-4-5-9-20(18)26-21/h1-11,23H,12-17H2,(H,27,32,33). The molecule has 0 bridgehead atoms. The Balaban J connectivity index is 1.18. The van der Waals surface area contributed by atoms with E-state index in [2.05, 4.69) is 16.3 Å². The molecule has 5 rings (SSSR count). The van der Waals surface area contributed by atoms with E-state index in [1.165, 1.54) is 4.90 Å². The molecule has 2 aliphatic heterocycles. The number of para-hydroxylation sites is 1. The zero-order valence-corrected chi connectivity index (χ0v) is 18.2. The molecule has 168 valence electrons. The monoisotopic (exact) mass is 443 g/mol. The van der Waals surface area contributed by atoms with Crippen molar-refractivity contribution < 1.29 is 14.4 Å². The van der Waals surface area contributed by atoms with E-state index >= 15 is 0 Å². The van der Waals surface area contributed by atoms with Gasteiger partial charge in [0.2, 0.25) is 5.91 Å². The highest BCUT2D eigenvalue weighted by Crippen LogP contribution is 2.26. The fourth-order valence-electron chi connectivity index (χ4n) is 4.49. The smallest absolute Gasteiger partial charge is 0.325 e. The lowest BCUT2D eigenvalue weighted by Gasteiger charge is -2.36. The quantitative estimate of drug-likeness (QED) is 0.613. The number of rotatable bonds is 5. The first-order valence-corrected chi connectivity index (χ1v) is 11.1. The van der Waals surface area contributed by atoms with Crippen LogP contribution in [0.25, 0.3) is 10.9 Å². The number of nitrogens with one attached hydrogen (secondary N) is 1. The Labute approximate surface area is 191 Å². The fraction of sp³-hybridized carbons (Fsp3) is 0.280. The number of aromatic nitrogens is 1. The van der Waals surface area contributed by atoms with E-state index in [1.54, 1.807) is 0 Å². The Morgan fingerprint density at radius 2 is 1.64 bits per heavy atom. The molecule has 2 aliphatic rings. The van der Waals surface area contributed by atoms with Crippen LogP contribution < -0.4 is 10.2 Å². The van der Waals surface area contributed by atoms with Gasteiger partial charge in [0.05, 0.1) is 5.52 Å². The molecule has 4 amide bonds. The molecule has 1 aromatic heterocycles. The molecule has 2 fully saturated rings. The van der Waals surface area contributed by atoms with Crippen molar-refractivity contribution in [1.82, 2.24) is 20.1 Å². The van der Waals surface area contributed by atoms with Crippen molar-refractivity contribution in [2.45, 2.75) is 12.5 Å². The third kappa shape index (κ3) is 4.24. The van der Waals surface area contributed by atoms with Gasteiger partial charge in [0.25, 0.3) is 5.91 Å². The van der Waals surface area contributed by atoms with Crippen LogP contribution >= 0.6 is 0 Å². The molecule has 2 saturated heterocycles. The number of pyridine rings is 1. The highest BCUT2D eigenvalue weighted by molar-refractivity contribution is 6.04. The third-order valence-electron chi connectivity index (χ3n) is 6.27. The maximum absolute atomic E-state index is 12.9. The molecular weight excluding hydrogens is 418 g/mol. The molecule has 0 saturated carbocycles. The van der Waals surface area contributed by atoms with E-state index in [0.29, 0.717) is 26.2 Å². The minimum atomic E-state index is -0.692. The number of benzene rings is 2. The topological polar surface area (TPSA) is 85.8 Å². The van der Waals surface area contributed by atoms with Crippen LogP contribution in [0.2, 0.25) is 0 Å². The Morgan fingerprint density at radius 3 is 2.42 bits per heavy atom. The zero-order valence-electron chi connectivity index (χ0n) is 18.2. The van der Waals surface area contributed by atoms with Gasteiger partial charge in [-0.05, 0) is 23.8 Å². The highest BCUT2D eigenvalue weighted by atomic mass is 16.2. The second kappa shape index (κ2) is 8.90. The molecule has 1 N–H and O–H groups in total. The molecule has 0 aliphatic carbocycles. The predicted octanol–water partition coefficient (Wildman–Crippen LogP) is 2.57. The molecule has 8 heteroatoms. The SMILES string of the molecule is O=C1NC(=O)N(CCC(=O)N2CCN(c3ccc4ccccc4n3)CC2)C1c1ccccc1. The Bertz CT molecular complexity index is 1190. The Hall–Kier alpha value is -3.94. The largest absolute Gasteiger partial charge is 0.353 e. The number of urea groups is 1. The second-order valence-corrected chi connectivity index (χ2v) is 8.28. The zero-order chi connectivity index (χ0) is 22.8. The summed E-state index contributed by atoms with van der Waals surface area (Å²) in [6.45, 7) is 2.79. The van der Waals surface area contributed by atoms with E-state index in [9.17, 15) is 14.4 Å². The highest BCUT2D eigenvalue weighted by Gasteiger charge is 2.39. The van der Waals surface area contributed by atoms with Crippen LogP contribution in [0.15, 0.2) is 66.7 Å². The number of carbonyl (C=O) groups excluding carboxylic acids is 3. The summed E-state index contributed by atoms with van der Waals surface area (Å²) in [4.78, 5) is 47.7. The average molecular weight is 444 g/mol. The summed E-state index contributed by atoms with van der Waals surface area (Å²) in [5.41, 5.74) is 1.70. The van der Waals surface area contributed by atoms with Gasteiger partial charge in [0.1, 0.15) is 11.9 Å². The summed E-state index contributed by atoms with van der Waals surface area (Å²) in [5.74, 6) is 0.550. The van der Waals surface area contributed by atoms with Crippen molar-refractivity contribution in [3.8, 4) is 0 Å². The molecule has 3 heterocycles. The fourth-order valence-corrected chi connectivity index (χ4v) is 4.49. The molecular formula is C25H25N5O3. The number of piperazine rings is 1. The number of amides is 4. The van der Waals surface area contributed by atoms with Gasteiger partial charge in [-0.2, -0.15) is 0 Å².